The number of likely N-dealkylation sites (tertiary alicyclic amines) is 1. The van der Waals surface area contributed by atoms with E-state index in [4.69, 9.17) is 4.74 Å². The molecule has 4 rings (SSSR count). The van der Waals surface area contributed by atoms with Crippen LogP contribution in [0.3, 0.4) is 0 Å². The summed E-state index contributed by atoms with van der Waals surface area (Å²) in [4.78, 5) is 39.7. The number of rotatable bonds is 7. The van der Waals surface area contributed by atoms with Gasteiger partial charge in [-0.2, -0.15) is 0 Å². The van der Waals surface area contributed by atoms with E-state index in [1.165, 1.54) is 18.6 Å². The number of hydrogen-bond donors (Lipinski definition) is 2. The Balaban J connectivity index is 1.23. The first-order valence-corrected chi connectivity index (χ1v) is 12.6. The van der Waals surface area contributed by atoms with E-state index >= 15 is 0 Å². The standard InChI is InChI=1S/C27H32F2N4O4/c1-17-25(21-7-8-23(28)24(29)16-21)33(27(36)37-17)26(35)30-11-4-12-32-13-9-19(10-14-32)20-5-3-6-22(15-20)31-18(2)34/h3,5-8,15-17,19,25H,4,9-14H2,1-2H3,(H,30,35)(H,31,34)/t17-,25?/m1/s1. The molecule has 10 heteroatoms. The number of ether oxygens (including phenoxy) is 1. The van der Waals surface area contributed by atoms with Crippen LogP contribution < -0.4 is 10.6 Å². The van der Waals surface area contributed by atoms with Gasteiger partial charge in [0.25, 0.3) is 0 Å². The first kappa shape index (κ1) is 26.5. The molecule has 4 amide bonds. The van der Waals surface area contributed by atoms with Gasteiger partial charge >= 0.3 is 12.1 Å². The van der Waals surface area contributed by atoms with Crippen molar-refractivity contribution in [1.29, 1.82) is 0 Å². The normalized spacial score (nSPS) is 20.5. The summed E-state index contributed by atoms with van der Waals surface area (Å²) < 4.78 is 32.3. The van der Waals surface area contributed by atoms with E-state index in [0.717, 1.165) is 55.2 Å². The van der Waals surface area contributed by atoms with Crippen molar-refractivity contribution in [3.8, 4) is 0 Å². The Bertz CT molecular complexity index is 1150. The number of imide groups is 1. The van der Waals surface area contributed by atoms with Crippen molar-refractivity contribution in [2.24, 2.45) is 0 Å². The molecule has 8 nitrogen and oxygen atoms in total. The molecule has 2 aliphatic heterocycles. The highest BCUT2D eigenvalue weighted by Crippen LogP contribution is 2.34. The molecule has 2 aliphatic rings. The molecule has 2 atom stereocenters. The number of amides is 4. The van der Waals surface area contributed by atoms with Gasteiger partial charge in [0.2, 0.25) is 5.91 Å². The van der Waals surface area contributed by atoms with E-state index < -0.39 is 35.9 Å². The maximum atomic E-state index is 13.8. The lowest BCUT2D eigenvalue weighted by Crippen LogP contribution is -2.43. The van der Waals surface area contributed by atoms with E-state index in [-0.39, 0.29) is 11.5 Å². The second-order valence-electron chi connectivity index (χ2n) is 9.59. The van der Waals surface area contributed by atoms with Crippen LogP contribution in [0.25, 0.3) is 0 Å². The molecule has 0 aromatic heterocycles. The average molecular weight is 515 g/mol. The Kier molecular flexibility index (Phi) is 8.38. The molecule has 37 heavy (non-hydrogen) atoms. The molecular formula is C27H32F2N4O4. The van der Waals surface area contributed by atoms with E-state index in [0.29, 0.717) is 18.9 Å². The highest BCUT2D eigenvalue weighted by Gasteiger charge is 2.44. The van der Waals surface area contributed by atoms with Gasteiger partial charge < -0.3 is 20.3 Å². The average Bonchev–Trinajstić information content (AvgIpc) is 3.17. The molecule has 198 valence electrons. The highest BCUT2D eigenvalue weighted by molar-refractivity contribution is 5.93. The Labute approximate surface area is 214 Å². The first-order valence-electron chi connectivity index (χ1n) is 12.6. The molecule has 2 heterocycles. The first-order chi connectivity index (χ1) is 17.7. The van der Waals surface area contributed by atoms with Crippen LogP contribution in [0.5, 0.6) is 0 Å². The summed E-state index contributed by atoms with van der Waals surface area (Å²) in [6.45, 7) is 6.12. The van der Waals surface area contributed by atoms with E-state index in [2.05, 4.69) is 21.6 Å². The van der Waals surface area contributed by atoms with Gasteiger partial charge in [-0.15, -0.1) is 0 Å². The minimum Gasteiger partial charge on any atom is -0.443 e. The molecule has 2 aromatic carbocycles. The minimum atomic E-state index is -1.05. The van der Waals surface area contributed by atoms with Crippen LogP contribution in [0.2, 0.25) is 0 Å². The van der Waals surface area contributed by atoms with Gasteiger partial charge in [-0.05, 0) is 87.1 Å². The molecule has 2 fully saturated rings. The summed E-state index contributed by atoms with van der Waals surface area (Å²) in [6.07, 6.45) is 1.20. The summed E-state index contributed by atoms with van der Waals surface area (Å²) in [5.74, 6) is -1.70. The van der Waals surface area contributed by atoms with Gasteiger partial charge in [0, 0.05) is 19.2 Å². The number of cyclic esters (lactones) is 1. The number of nitrogens with zero attached hydrogens (tertiary/aromatic N) is 2. The molecule has 1 unspecified atom stereocenters. The Morgan fingerprint density at radius 2 is 1.81 bits per heavy atom. The number of piperidine rings is 1. The largest absolute Gasteiger partial charge is 0.443 e. The zero-order valence-electron chi connectivity index (χ0n) is 21.0. The minimum absolute atomic E-state index is 0.0879. The van der Waals surface area contributed by atoms with Crippen molar-refractivity contribution in [3.05, 3.63) is 65.2 Å². The van der Waals surface area contributed by atoms with Gasteiger partial charge in [-0.25, -0.2) is 23.3 Å². The van der Waals surface area contributed by atoms with Crippen LogP contribution in [0, 0.1) is 11.6 Å². The fourth-order valence-electron chi connectivity index (χ4n) is 5.08. The lowest BCUT2D eigenvalue weighted by molar-refractivity contribution is -0.114. The van der Waals surface area contributed by atoms with Crippen LogP contribution >= 0.6 is 0 Å². The van der Waals surface area contributed by atoms with Gasteiger partial charge in [-0.3, -0.25) is 4.79 Å². The molecule has 0 spiro atoms. The van der Waals surface area contributed by atoms with Gasteiger partial charge in [0.15, 0.2) is 11.6 Å². The second kappa shape index (κ2) is 11.7. The molecular weight excluding hydrogens is 482 g/mol. The number of carbonyl (C=O) groups excluding carboxylic acids is 3. The fraction of sp³-hybridized carbons (Fsp3) is 0.444. The Morgan fingerprint density at radius 3 is 2.51 bits per heavy atom. The maximum Gasteiger partial charge on any atom is 0.419 e. The zero-order chi connectivity index (χ0) is 26.5. The van der Waals surface area contributed by atoms with Crippen molar-refractivity contribution < 1.29 is 27.9 Å². The summed E-state index contributed by atoms with van der Waals surface area (Å²) in [7, 11) is 0. The summed E-state index contributed by atoms with van der Waals surface area (Å²) in [6, 6.07) is 9.82. The predicted molar refractivity (Wildman–Crippen MR) is 134 cm³/mol. The van der Waals surface area contributed by atoms with Crippen molar-refractivity contribution >= 4 is 23.7 Å². The smallest absolute Gasteiger partial charge is 0.419 e. The van der Waals surface area contributed by atoms with E-state index in [1.807, 2.05) is 18.2 Å². The Hall–Kier alpha value is -3.53. The quantitative estimate of drug-likeness (QED) is 0.519. The lowest BCUT2D eigenvalue weighted by atomic mass is 9.89. The number of hydrogen-bond acceptors (Lipinski definition) is 5. The second-order valence-corrected chi connectivity index (χ2v) is 9.59. The molecule has 0 saturated carbocycles. The van der Waals surface area contributed by atoms with Crippen LogP contribution in [0.4, 0.5) is 24.1 Å². The maximum absolute atomic E-state index is 13.8. The van der Waals surface area contributed by atoms with Crippen molar-refractivity contribution in [3.63, 3.8) is 0 Å². The van der Waals surface area contributed by atoms with E-state index in [1.54, 1.807) is 6.92 Å². The highest BCUT2D eigenvalue weighted by atomic mass is 19.2. The van der Waals surface area contributed by atoms with Gasteiger partial charge in [-0.1, -0.05) is 18.2 Å². The molecule has 0 radical (unpaired) electrons. The molecule has 2 saturated heterocycles. The van der Waals surface area contributed by atoms with Crippen molar-refractivity contribution in [1.82, 2.24) is 15.1 Å². The number of urea groups is 1. The summed E-state index contributed by atoms with van der Waals surface area (Å²) >= 11 is 0. The predicted octanol–water partition coefficient (Wildman–Crippen LogP) is 4.78. The van der Waals surface area contributed by atoms with Gasteiger partial charge in [0.05, 0.1) is 0 Å². The SMILES string of the molecule is CC(=O)Nc1cccc(C2CCN(CCCNC(=O)N3C(=O)O[C@H](C)C3c3ccc(F)c(F)c3)CC2)c1. The topological polar surface area (TPSA) is 91.0 Å². The number of halogens is 2. The third-order valence-corrected chi connectivity index (χ3v) is 6.90. The lowest BCUT2D eigenvalue weighted by Gasteiger charge is -2.32. The number of benzene rings is 2. The molecule has 0 aliphatic carbocycles. The van der Waals surface area contributed by atoms with Crippen LogP contribution in [-0.4, -0.2) is 60.1 Å². The molecule has 2 N–H and O–H groups in total. The molecule has 2 aromatic rings. The summed E-state index contributed by atoms with van der Waals surface area (Å²) in [5.41, 5.74) is 2.32. The Morgan fingerprint density at radius 1 is 1.05 bits per heavy atom. The van der Waals surface area contributed by atoms with Gasteiger partial charge in [0.1, 0.15) is 12.1 Å². The van der Waals surface area contributed by atoms with Crippen LogP contribution in [0.15, 0.2) is 42.5 Å². The van der Waals surface area contributed by atoms with Crippen LogP contribution in [-0.2, 0) is 9.53 Å². The number of carbonyl (C=O) groups is 3. The monoisotopic (exact) mass is 514 g/mol. The van der Waals surface area contributed by atoms with E-state index in [9.17, 15) is 23.2 Å². The third-order valence-electron chi connectivity index (χ3n) is 6.90. The molecule has 0 bridgehead atoms. The third kappa shape index (κ3) is 6.43. The fourth-order valence-corrected chi connectivity index (χ4v) is 5.08. The van der Waals surface area contributed by atoms with Crippen molar-refractivity contribution in [2.75, 3.05) is 31.5 Å². The van der Waals surface area contributed by atoms with Crippen LogP contribution in [0.1, 0.15) is 56.2 Å². The van der Waals surface area contributed by atoms with Crippen molar-refractivity contribution in [2.45, 2.75) is 51.2 Å². The zero-order valence-corrected chi connectivity index (χ0v) is 21.0. The number of nitrogens with one attached hydrogen (secondary N) is 2. The summed E-state index contributed by atoms with van der Waals surface area (Å²) in [5, 5.41) is 5.58. The number of anilines is 1.